The van der Waals surface area contributed by atoms with Crippen molar-refractivity contribution >= 4 is 27.5 Å². The van der Waals surface area contributed by atoms with Gasteiger partial charge in [0, 0.05) is 29.3 Å². The van der Waals surface area contributed by atoms with Crippen molar-refractivity contribution in [2.75, 3.05) is 12.4 Å². The second-order valence-electron chi connectivity index (χ2n) is 5.05. The van der Waals surface area contributed by atoms with E-state index < -0.39 is 0 Å². The highest BCUT2D eigenvalue weighted by molar-refractivity contribution is 9.10. The number of amides is 1. The van der Waals surface area contributed by atoms with Gasteiger partial charge in [-0.05, 0) is 54.8 Å². The molecule has 0 unspecified atom stereocenters. The maximum Gasteiger partial charge on any atom is 0.251 e. The van der Waals surface area contributed by atoms with Gasteiger partial charge in [0.05, 0.1) is 0 Å². The van der Waals surface area contributed by atoms with Gasteiger partial charge < -0.3 is 10.6 Å². The number of carbonyl (C=O) groups excluding carboxylic acids is 1. The van der Waals surface area contributed by atoms with Crippen LogP contribution in [0.5, 0.6) is 0 Å². The molecule has 0 saturated carbocycles. The maximum absolute atomic E-state index is 11.6. The van der Waals surface area contributed by atoms with E-state index in [1.54, 1.807) is 7.05 Å². The third-order valence-corrected chi connectivity index (χ3v) is 4.29. The summed E-state index contributed by atoms with van der Waals surface area (Å²) in [7, 11) is 1.64. The van der Waals surface area contributed by atoms with Crippen LogP contribution in [0.25, 0.3) is 0 Å². The first-order chi connectivity index (χ1) is 10.0. The minimum atomic E-state index is -0.0629. The number of hydrogen-bond acceptors (Lipinski definition) is 2. The van der Waals surface area contributed by atoms with Gasteiger partial charge in [0.25, 0.3) is 5.91 Å². The highest BCUT2D eigenvalue weighted by atomic mass is 79.9. The van der Waals surface area contributed by atoms with Crippen molar-refractivity contribution in [1.29, 1.82) is 0 Å². The van der Waals surface area contributed by atoms with E-state index in [9.17, 15) is 4.79 Å². The summed E-state index contributed by atoms with van der Waals surface area (Å²) in [6, 6.07) is 12.0. The summed E-state index contributed by atoms with van der Waals surface area (Å²) in [6.45, 7) is 4.82. The molecule has 0 aliphatic rings. The summed E-state index contributed by atoms with van der Waals surface area (Å²) in [5, 5.41) is 6.04. The van der Waals surface area contributed by atoms with E-state index in [1.165, 1.54) is 11.1 Å². The predicted molar refractivity (Wildman–Crippen MR) is 90.8 cm³/mol. The topological polar surface area (TPSA) is 41.1 Å². The van der Waals surface area contributed by atoms with Crippen LogP contribution in [0.4, 0.5) is 5.69 Å². The molecule has 110 valence electrons. The number of anilines is 1. The fourth-order valence-corrected chi connectivity index (χ4v) is 2.52. The number of hydrogen-bond donors (Lipinski definition) is 2. The molecule has 1 amide bonds. The number of halogens is 1. The Morgan fingerprint density at radius 1 is 1.10 bits per heavy atom. The molecular formula is C17H19BrN2O. The lowest BCUT2D eigenvalue weighted by atomic mass is 10.1. The third kappa shape index (κ3) is 3.85. The lowest BCUT2D eigenvalue weighted by molar-refractivity contribution is 0.0963. The van der Waals surface area contributed by atoms with Gasteiger partial charge >= 0.3 is 0 Å². The molecule has 0 spiro atoms. The van der Waals surface area contributed by atoms with Crippen molar-refractivity contribution in [3.05, 3.63) is 63.1 Å². The van der Waals surface area contributed by atoms with E-state index in [1.807, 2.05) is 25.1 Å². The molecular weight excluding hydrogens is 328 g/mol. The number of aryl methyl sites for hydroxylation is 2. The Morgan fingerprint density at radius 3 is 2.48 bits per heavy atom. The molecule has 0 fully saturated rings. The Balaban J connectivity index is 2.09. The molecule has 2 aromatic carbocycles. The van der Waals surface area contributed by atoms with E-state index >= 15 is 0 Å². The van der Waals surface area contributed by atoms with Crippen LogP contribution in [0.2, 0.25) is 0 Å². The van der Waals surface area contributed by atoms with E-state index in [4.69, 9.17) is 0 Å². The van der Waals surface area contributed by atoms with Gasteiger partial charge in [-0.2, -0.15) is 0 Å². The normalized spacial score (nSPS) is 10.3. The molecule has 0 heterocycles. The fourth-order valence-electron chi connectivity index (χ4n) is 2.09. The van der Waals surface area contributed by atoms with Crippen molar-refractivity contribution in [2.45, 2.75) is 20.4 Å². The standard InChI is InChI=1S/C17H19BrN2O/c1-11-4-5-13(9-15(11)18)10-20-16-7-6-14(8-12(16)2)17(21)19-3/h4-9,20H,10H2,1-3H3,(H,19,21). The molecule has 2 aromatic rings. The van der Waals surface area contributed by atoms with Crippen LogP contribution in [-0.2, 0) is 6.54 Å². The van der Waals surface area contributed by atoms with E-state index in [0.29, 0.717) is 5.56 Å². The highest BCUT2D eigenvalue weighted by Gasteiger charge is 2.06. The molecule has 2 rings (SSSR count). The van der Waals surface area contributed by atoms with Crippen molar-refractivity contribution < 1.29 is 4.79 Å². The number of benzene rings is 2. The monoisotopic (exact) mass is 346 g/mol. The zero-order valence-corrected chi connectivity index (χ0v) is 14.0. The average molecular weight is 347 g/mol. The van der Waals surface area contributed by atoms with Crippen LogP contribution >= 0.6 is 15.9 Å². The zero-order chi connectivity index (χ0) is 15.4. The molecule has 0 aliphatic carbocycles. The highest BCUT2D eigenvalue weighted by Crippen LogP contribution is 2.20. The maximum atomic E-state index is 11.6. The van der Waals surface area contributed by atoms with Crippen LogP contribution in [0.1, 0.15) is 27.0 Å². The minimum absolute atomic E-state index is 0.0629. The summed E-state index contributed by atoms with van der Waals surface area (Å²) in [4.78, 5) is 11.6. The fraction of sp³-hybridized carbons (Fsp3) is 0.235. The molecule has 0 aromatic heterocycles. The molecule has 2 N–H and O–H groups in total. The van der Waals surface area contributed by atoms with Gasteiger partial charge in [0.15, 0.2) is 0 Å². The molecule has 0 aliphatic heterocycles. The summed E-state index contributed by atoms with van der Waals surface area (Å²) in [5.41, 5.74) is 5.22. The van der Waals surface area contributed by atoms with Gasteiger partial charge in [0.1, 0.15) is 0 Å². The van der Waals surface area contributed by atoms with Crippen LogP contribution in [-0.4, -0.2) is 13.0 Å². The van der Waals surface area contributed by atoms with Crippen LogP contribution < -0.4 is 10.6 Å². The molecule has 0 atom stereocenters. The summed E-state index contributed by atoms with van der Waals surface area (Å²) >= 11 is 3.55. The van der Waals surface area contributed by atoms with E-state index in [0.717, 1.165) is 22.3 Å². The zero-order valence-electron chi connectivity index (χ0n) is 12.5. The Kier molecular flexibility index (Phi) is 5.02. The van der Waals surface area contributed by atoms with Crippen molar-refractivity contribution in [3.63, 3.8) is 0 Å². The van der Waals surface area contributed by atoms with Gasteiger partial charge in [-0.25, -0.2) is 0 Å². The second-order valence-corrected chi connectivity index (χ2v) is 5.90. The number of nitrogens with one attached hydrogen (secondary N) is 2. The van der Waals surface area contributed by atoms with Gasteiger partial charge in [0.2, 0.25) is 0 Å². The molecule has 21 heavy (non-hydrogen) atoms. The minimum Gasteiger partial charge on any atom is -0.381 e. The summed E-state index contributed by atoms with van der Waals surface area (Å²) in [5.74, 6) is -0.0629. The number of carbonyl (C=O) groups is 1. The molecule has 4 heteroatoms. The first-order valence-electron chi connectivity index (χ1n) is 6.83. The number of rotatable bonds is 4. The van der Waals surface area contributed by atoms with E-state index in [-0.39, 0.29) is 5.91 Å². The molecule has 3 nitrogen and oxygen atoms in total. The van der Waals surface area contributed by atoms with Gasteiger partial charge in [-0.1, -0.05) is 28.1 Å². The lowest BCUT2D eigenvalue weighted by Gasteiger charge is -2.11. The average Bonchev–Trinajstić information content (AvgIpc) is 2.48. The predicted octanol–water partition coefficient (Wildman–Crippen LogP) is 4.04. The van der Waals surface area contributed by atoms with Crippen LogP contribution in [0.15, 0.2) is 40.9 Å². The first-order valence-corrected chi connectivity index (χ1v) is 7.62. The second kappa shape index (κ2) is 6.76. The first kappa shape index (κ1) is 15.6. The summed E-state index contributed by atoms with van der Waals surface area (Å²) in [6.07, 6.45) is 0. The molecule has 0 saturated heterocycles. The van der Waals surface area contributed by atoms with Crippen molar-refractivity contribution in [2.24, 2.45) is 0 Å². The van der Waals surface area contributed by atoms with Gasteiger partial charge in [-0.3, -0.25) is 4.79 Å². The van der Waals surface area contributed by atoms with Gasteiger partial charge in [-0.15, -0.1) is 0 Å². The third-order valence-electron chi connectivity index (χ3n) is 3.43. The lowest BCUT2D eigenvalue weighted by Crippen LogP contribution is -2.17. The molecule has 0 bridgehead atoms. The van der Waals surface area contributed by atoms with Crippen LogP contribution in [0, 0.1) is 13.8 Å². The SMILES string of the molecule is CNC(=O)c1ccc(NCc2ccc(C)c(Br)c2)c(C)c1. The summed E-state index contributed by atoms with van der Waals surface area (Å²) < 4.78 is 1.12. The Bertz CT molecular complexity index is 668. The van der Waals surface area contributed by atoms with Crippen molar-refractivity contribution in [1.82, 2.24) is 5.32 Å². The Hall–Kier alpha value is -1.81. The Labute approximate surface area is 133 Å². The van der Waals surface area contributed by atoms with Crippen LogP contribution in [0.3, 0.4) is 0 Å². The van der Waals surface area contributed by atoms with E-state index in [2.05, 4.69) is 51.7 Å². The smallest absolute Gasteiger partial charge is 0.251 e. The Morgan fingerprint density at radius 2 is 1.86 bits per heavy atom. The largest absolute Gasteiger partial charge is 0.381 e. The quantitative estimate of drug-likeness (QED) is 0.877. The van der Waals surface area contributed by atoms with Crippen molar-refractivity contribution in [3.8, 4) is 0 Å². The molecule has 0 radical (unpaired) electrons.